The van der Waals surface area contributed by atoms with Crippen molar-refractivity contribution in [3.05, 3.63) is 47.3 Å². The zero-order chi connectivity index (χ0) is 20.4. The first-order chi connectivity index (χ1) is 13.6. The van der Waals surface area contributed by atoms with E-state index in [-0.39, 0.29) is 0 Å². The second-order valence-corrected chi connectivity index (χ2v) is 6.82. The molecule has 0 unspecified atom stereocenters. The van der Waals surface area contributed by atoms with E-state index in [1.807, 2.05) is 18.8 Å². The summed E-state index contributed by atoms with van der Waals surface area (Å²) in [6.45, 7) is 10.2. The maximum Gasteiger partial charge on any atom is 0.191 e. The third-order valence-corrected chi connectivity index (χ3v) is 5.08. The normalized spacial score (nSPS) is 11.5. The summed E-state index contributed by atoms with van der Waals surface area (Å²) in [5.74, 6) is 0.843. The smallest absolute Gasteiger partial charge is 0.191 e. The van der Waals surface area contributed by atoms with Crippen molar-refractivity contribution >= 4 is 11.6 Å². The van der Waals surface area contributed by atoms with Gasteiger partial charge in [-0.2, -0.15) is 5.10 Å². The lowest BCUT2D eigenvalue weighted by Gasteiger charge is -2.23. The average molecular weight is 385 g/mol. The number of benzene rings is 1. The van der Waals surface area contributed by atoms with Crippen molar-refractivity contribution in [1.29, 1.82) is 0 Å². The highest BCUT2D eigenvalue weighted by Crippen LogP contribution is 2.15. The molecule has 6 heteroatoms. The van der Waals surface area contributed by atoms with Gasteiger partial charge in [-0.15, -0.1) is 0 Å². The molecule has 1 aromatic heterocycles. The van der Waals surface area contributed by atoms with E-state index in [2.05, 4.69) is 76.7 Å². The fourth-order valence-corrected chi connectivity index (χ4v) is 3.57. The topological polar surface area (TPSA) is 57.5 Å². The summed E-state index contributed by atoms with van der Waals surface area (Å²) in [6, 6.07) is 10.6. The molecule has 0 aliphatic heterocycles. The van der Waals surface area contributed by atoms with Gasteiger partial charge in [0.05, 0.1) is 5.69 Å². The first-order valence-corrected chi connectivity index (χ1v) is 10.4. The van der Waals surface area contributed by atoms with Gasteiger partial charge < -0.3 is 15.5 Å². The Morgan fingerprint density at radius 1 is 1.11 bits per heavy atom. The Bertz CT molecular complexity index is 735. The van der Waals surface area contributed by atoms with Crippen LogP contribution < -0.4 is 15.5 Å². The molecular weight excluding hydrogens is 348 g/mol. The van der Waals surface area contributed by atoms with Crippen molar-refractivity contribution in [3.8, 4) is 0 Å². The number of guanidine groups is 1. The molecule has 0 bridgehead atoms. The Labute approximate surface area is 170 Å². The van der Waals surface area contributed by atoms with E-state index in [9.17, 15) is 0 Å². The first kappa shape index (κ1) is 21.8. The third-order valence-electron chi connectivity index (χ3n) is 5.08. The molecule has 0 aliphatic rings. The van der Waals surface area contributed by atoms with Crippen molar-refractivity contribution in [2.45, 2.75) is 46.6 Å². The minimum atomic E-state index is 0.755. The van der Waals surface area contributed by atoms with Crippen LogP contribution in [0.4, 0.5) is 5.69 Å². The van der Waals surface area contributed by atoms with E-state index in [1.165, 1.54) is 22.6 Å². The molecule has 154 valence electrons. The third kappa shape index (κ3) is 5.75. The van der Waals surface area contributed by atoms with Crippen molar-refractivity contribution < 1.29 is 0 Å². The molecule has 2 N–H and O–H groups in total. The molecule has 0 saturated heterocycles. The summed E-state index contributed by atoms with van der Waals surface area (Å²) in [5.41, 5.74) is 5.05. The van der Waals surface area contributed by atoms with Crippen LogP contribution in [0.2, 0.25) is 0 Å². The minimum absolute atomic E-state index is 0.755. The van der Waals surface area contributed by atoms with Crippen LogP contribution in [0.25, 0.3) is 0 Å². The van der Waals surface area contributed by atoms with Crippen LogP contribution in [-0.2, 0) is 26.4 Å². The largest absolute Gasteiger partial charge is 0.372 e. The number of nitrogens with zero attached hydrogens (tertiary/aromatic N) is 4. The van der Waals surface area contributed by atoms with Gasteiger partial charge in [-0.1, -0.05) is 32.0 Å². The lowest BCUT2D eigenvalue weighted by Crippen LogP contribution is -2.38. The maximum atomic E-state index is 4.65. The van der Waals surface area contributed by atoms with E-state index >= 15 is 0 Å². The second-order valence-electron chi connectivity index (χ2n) is 6.82. The van der Waals surface area contributed by atoms with Gasteiger partial charge in [0, 0.05) is 57.2 Å². The van der Waals surface area contributed by atoms with Gasteiger partial charge in [0.1, 0.15) is 0 Å². The molecule has 0 fully saturated rings. The molecule has 2 rings (SSSR count). The highest BCUT2D eigenvalue weighted by Gasteiger charge is 2.13. The zero-order valence-electron chi connectivity index (χ0n) is 18.1. The summed E-state index contributed by atoms with van der Waals surface area (Å²) in [7, 11) is 3.85. The fourth-order valence-electron chi connectivity index (χ4n) is 3.57. The summed E-state index contributed by atoms with van der Waals surface area (Å²) >= 11 is 0. The molecular formula is C22H36N6. The van der Waals surface area contributed by atoms with Crippen LogP contribution in [-0.4, -0.2) is 42.4 Å². The molecule has 1 aromatic carbocycles. The SMILES string of the molecule is CCc1nn(C)c(CC)c1CNC(=NC)NCCCN(CC)c1ccccc1. The van der Waals surface area contributed by atoms with Crippen LogP contribution in [0.3, 0.4) is 0 Å². The number of aliphatic imine (C=N–C) groups is 1. The molecule has 28 heavy (non-hydrogen) atoms. The van der Waals surface area contributed by atoms with Crippen molar-refractivity contribution in [2.24, 2.45) is 12.0 Å². The minimum Gasteiger partial charge on any atom is -0.372 e. The summed E-state index contributed by atoms with van der Waals surface area (Å²) < 4.78 is 2.01. The van der Waals surface area contributed by atoms with Gasteiger partial charge in [-0.25, -0.2) is 0 Å². The van der Waals surface area contributed by atoms with Gasteiger partial charge in [0.25, 0.3) is 0 Å². The van der Waals surface area contributed by atoms with Gasteiger partial charge in [0.15, 0.2) is 5.96 Å². The van der Waals surface area contributed by atoms with E-state index in [0.717, 1.165) is 51.4 Å². The van der Waals surface area contributed by atoms with E-state index < -0.39 is 0 Å². The number of nitrogens with one attached hydrogen (secondary N) is 2. The van der Waals surface area contributed by atoms with Crippen molar-refractivity contribution in [1.82, 2.24) is 20.4 Å². The number of anilines is 1. The highest BCUT2D eigenvalue weighted by molar-refractivity contribution is 5.79. The Morgan fingerprint density at radius 2 is 1.86 bits per heavy atom. The number of rotatable bonds is 10. The molecule has 1 heterocycles. The average Bonchev–Trinajstić information content (AvgIpc) is 3.05. The van der Waals surface area contributed by atoms with E-state index in [1.54, 1.807) is 0 Å². The lowest BCUT2D eigenvalue weighted by atomic mass is 10.1. The Morgan fingerprint density at radius 3 is 2.46 bits per heavy atom. The number of aryl methyl sites for hydroxylation is 2. The highest BCUT2D eigenvalue weighted by atomic mass is 15.3. The van der Waals surface area contributed by atoms with Crippen LogP contribution >= 0.6 is 0 Å². The number of para-hydroxylation sites is 1. The first-order valence-electron chi connectivity index (χ1n) is 10.4. The number of aromatic nitrogens is 2. The Kier molecular flexibility index (Phi) is 8.85. The predicted octanol–water partition coefficient (Wildman–Crippen LogP) is 3.13. The predicted molar refractivity (Wildman–Crippen MR) is 119 cm³/mol. The molecule has 2 aromatic rings. The zero-order valence-corrected chi connectivity index (χ0v) is 18.1. The van der Waals surface area contributed by atoms with Crippen LogP contribution in [0.1, 0.15) is 44.1 Å². The standard InChI is InChI=1S/C22H36N6/c1-6-20-19(21(7-2)27(5)26-20)17-25-22(23-4)24-15-12-16-28(8-3)18-13-10-9-11-14-18/h9-11,13-14H,6-8,12,15-17H2,1-5H3,(H2,23,24,25). The molecule has 0 aliphatic carbocycles. The van der Waals surface area contributed by atoms with E-state index in [4.69, 9.17) is 0 Å². The van der Waals surface area contributed by atoms with Gasteiger partial charge in [-0.3, -0.25) is 9.67 Å². The van der Waals surface area contributed by atoms with Crippen LogP contribution in [0.15, 0.2) is 35.3 Å². The molecule has 0 amide bonds. The van der Waals surface area contributed by atoms with Crippen LogP contribution in [0, 0.1) is 0 Å². The molecule has 0 saturated carbocycles. The molecule has 0 atom stereocenters. The number of hydrogen-bond donors (Lipinski definition) is 2. The number of hydrogen-bond acceptors (Lipinski definition) is 3. The van der Waals surface area contributed by atoms with Gasteiger partial charge in [0.2, 0.25) is 0 Å². The lowest BCUT2D eigenvalue weighted by molar-refractivity contribution is 0.699. The molecule has 6 nitrogen and oxygen atoms in total. The Balaban J connectivity index is 1.82. The van der Waals surface area contributed by atoms with Gasteiger partial charge in [-0.05, 0) is 38.3 Å². The Hall–Kier alpha value is -2.50. The van der Waals surface area contributed by atoms with Gasteiger partial charge >= 0.3 is 0 Å². The molecule has 0 radical (unpaired) electrons. The summed E-state index contributed by atoms with van der Waals surface area (Å²) in [5, 5.41) is 11.5. The van der Waals surface area contributed by atoms with Crippen molar-refractivity contribution in [2.75, 3.05) is 31.6 Å². The quantitative estimate of drug-likeness (QED) is 0.375. The fraction of sp³-hybridized carbons (Fsp3) is 0.545. The molecule has 0 spiro atoms. The van der Waals surface area contributed by atoms with E-state index in [0.29, 0.717) is 0 Å². The second kappa shape index (κ2) is 11.4. The van der Waals surface area contributed by atoms with Crippen molar-refractivity contribution in [3.63, 3.8) is 0 Å². The summed E-state index contributed by atoms with van der Waals surface area (Å²) in [6.07, 6.45) is 2.98. The monoisotopic (exact) mass is 384 g/mol. The van der Waals surface area contributed by atoms with Crippen LogP contribution in [0.5, 0.6) is 0 Å². The maximum absolute atomic E-state index is 4.65. The summed E-state index contributed by atoms with van der Waals surface area (Å²) in [4.78, 5) is 6.77.